The maximum atomic E-state index is 12.6. The number of halogens is 1. The smallest absolute Gasteiger partial charge is 0.410 e. The van der Waals surface area contributed by atoms with E-state index in [1.165, 1.54) is 0 Å². The van der Waals surface area contributed by atoms with Crippen LogP contribution in [0.3, 0.4) is 0 Å². The van der Waals surface area contributed by atoms with Gasteiger partial charge < -0.3 is 19.7 Å². The Morgan fingerprint density at radius 1 is 1.23 bits per heavy atom. The van der Waals surface area contributed by atoms with Crippen LogP contribution < -0.4 is 10.1 Å². The molecule has 4 rings (SSSR count). The van der Waals surface area contributed by atoms with Gasteiger partial charge in [-0.1, -0.05) is 36.4 Å². The Kier molecular flexibility index (Phi) is 9.44. The van der Waals surface area contributed by atoms with Crippen LogP contribution in [-0.2, 0) is 4.74 Å². The van der Waals surface area contributed by atoms with Gasteiger partial charge in [0.1, 0.15) is 11.4 Å². The molecule has 9 heteroatoms. The van der Waals surface area contributed by atoms with Crippen LogP contribution in [0.5, 0.6) is 5.75 Å². The Labute approximate surface area is 249 Å². The molecule has 8 nitrogen and oxygen atoms in total. The van der Waals surface area contributed by atoms with E-state index in [0.29, 0.717) is 36.2 Å². The number of carbonyl (C=O) groups is 1. The van der Waals surface area contributed by atoms with Crippen molar-refractivity contribution in [3.8, 4) is 5.75 Å². The molecule has 1 amide bonds. The van der Waals surface area contributed by atoms with Crippen LogP contribution in [0, 0.1) is 10.5 Å². The number of amides is 1. The third-order valence-corrected chi connectivity index (χ3v) is 7.34. The number of ether oxygens (including phenoxy) is 2. The first-order chi connectivity index (χ1) is 19.1. The Morgan fingerprint density at radius 3 is 2.75 bits per heavy atom. The molecule has 210 valence electrons. The Morgan fingerprint density at radius 2 is 2.02 bits per heavy atom. The number of carbonyl (C=O) groups excluding carboxylic acids is 1. The lowest BCUT2D eigenvalue weighted by molar-refractivity contribution is 0.0206. The summed E-state index contributed by atoms with van der Waals surface area (Å²) in [4.78, 5) is 27.9. The molecule has 1 aliphatic rings. The van der Waals surface area contributed by atoms with Crippen LogP contribution in [-0.4, -0.2) is 52.4 Å². The number of aromatic nitrogens is 2. The summed E-state index contributed by atoms with van der Waals surface area (Å²) in [7, 11) is 0. The monoisotopic (exact) mass is 653 g/mol. The summed E-state index contributed by atoms with van der Waals surface area (Å²) >= 11 is 2.33. The number of aliphatic imine (C=N–C) groups is 1. The van der Waals surface area contributed by atoms with Gasteiger partial charge in [-0.2, -0.15) is 0 Å². The number of nitrogens with zero attached hydrogens (tertiary/aromatic N) is 4. The van der Waals surface area contributed by atoms with Crippen molar-refractivity contribution in [1.82, 2.24) is 14.9 Å². The van der Waals surface area contributed by atoms with Gasteiger partial charge in [-0.3, -0.25) is 0 Å². The first kappa shape index (κ1) is 29.5. The first-order valence-corrected chi connectivity index (χ1v) is 14.4. The standard InChI is InChI=1S/C31H36IN5O3/c1-7-10-24(28(33-6)39-27-20(2)14-15-22-23(27)12-8-13-25(22)32)26-16-17-34-29(36-26)35-21-11-9-18-37(19-21)30(38)40-31(3,4)5/h7-8,10,12-17,21H,6,9,11,18-19H2,1-5H3,(H,34,35,36)/b10-7-,28-24-/t21-/m0/s1. The van der Waals surface area contributed by atoms with Crippen LogP contribution in [0.15, 0.2) is 65.6 Å². The third kappa shape index (κ3) is 7.18. The predicted molar refractivity (Wildman–Crippen MR) is 170 cm³/mol. The molecule has 1 fully saturated rings. The summed E-state index contributed by atoms with van der Waals surface area (Å²) in [6.07, 6.45) is 6.98. The molecule has 0 bridgehead atoms. The number of likely N-dealkylation sites (tertiary alicyclic amines) is 1. The van der Waals surface area contributed by atoms with Crippen LogP contribution in [0.25, 0.3) is 16.3 Å². The minimum absolute atomic E-state index is 0.000259. The molecule has 0 spiro atoms. The van der Waals surface area contributed by atoms with E-state index in [1.807, 2.05) is 71.0 Å². The quantitative estimate of drug-likeness (QED) is 0.124. The summed E-state index contributed by atoms with van der Waals surface area (Å²) in [5.41, 5.74) is 1.79. The number of rotatable bonds is 7. The number of hydrogen-bond acceptors (Lipinski definition) is 7. The lowest BCUT2D eigenvalue weighted by Crippen LogP contribution is -2.47. The van der Waals surface area contributed by atoms with Crippen molar-refractivity contribution in [2.24, 2.45) is 4.99 Å². The predicted octanol–water partition coefficient (Wildman–Crippen LogP) is 7.38. The largest absolute Gasteiger partial charge is 0.444 e. The van der Waals surface area contributed by atoms with Crippen LogP contribution in [0.2, 0.25) is 0 Å². The van der Waals surface area contributed by atoms with Crippen molar-refractivity contribution in [1.29, 1.82) is 0 Å². The highest BCUT2D eigenvalue weighted by Gasteiger charge is 2.28. The van der Waals surface area contributed by atoms with Gasteiger partial charge in [0, 0.05) is 34.3 Å². The highest BCUT2D eigenvalue weighted by Crippen LogP contribution is 2.35. The van der Waals surface area contributed by atoms with Crippen molar-refractivity contribution < 1.29 is 14.3 Å². The maximum Gasteiger partial charge on any atom is 0.410 e. The number of anilines is 1. The third-order valence-electron chi connectivity index (χ3n) is 6.40. The minimum atomic E-state index is -0.535. The SMILES string of the molecule is C=N/C(Oc1c(C)ccc2c(I)cccc12)=C(\C=C/C)c1ccnc(N[C@H]2CCCN(C(=O)OC(C)(C)C)C2)n1. The highest BCUT2D eigenvalue weighted by molar-refractivity contribution is 14.1. The number of benzene rings is 2. The van der Waals surface area contributed by atoms with Gasteiger partial charge in [-0.05, 0) is 99.9 Å². The van der Waals surface area contributed by atoms with E-state index in [9.17, 15) is 4.79 Å². The van der Waals surface area contributed by atoms with Crippen molar-refractivity contribution in [3.63, 3.8) is 0 Å². The zero-order valence-electron chi connectivity index (χ0n) is 23.7. The van der Waals surface area contributed by atoms with Crippen molar-refractivity contribution in [2.75, 3.05) is 18.4 Å². The average molecular weight is 654 g/mol. The fraction of sp³-hybridized carbons (Fsp3) is 0.355. The normalized spacial score (nSPS) is 16.6. The van der Waals surface area contributed by atoms with Gasteiger partial charge in [-0.15, -0.1) is 0 Å². The fourth-order valence-corrected chi connectivity index (χ4v) is 5.26. The van der Waals surface area contributed by atoms with Gasteiger partial charge in [0.25, 0.3) is 0 Å². The average Bonchev–Trinajstić information content (AvgIpc) is 2.91. The van der Waals surface area contributed by atoms with E-state index in [0.717, 1.165) is 38.5 Å². The van der Waals surface area contributed by atoms with E-state index in [2.05, 4.69) is 56.7 Å². The molecule has 40 heavy (non-hydrogen) atoms. The van der Waals surface area contributed by atoms with E-state index >= 15 is 0 Å². The summed E-state index contributed by atoms with van der Waals surface area (Å²) in [5, 5.41) is 5.52. The zero-order chi connectivity index (χ0) is 28.9. The molecule has 1 aliphatic heterocycles. The Balaban J connectivity index is 1.61. The second kappa shape index (κ2) is 12.8. The van der Waals surface area contributed by atoms with E-state index in [4.69, 9.17) is 14.5 Å². The fourth-order valence-electron chi connectivity index (χ4n) is 4.59. The first-order valence-electron chi connectivity index (χ1n) is 13.4. The maximum absolute atomic E-state index is 12.6. The van der Waals surface area contributed by atoms with Crippen LogP contribution in [0.4, 0.5) is 10.7 Å². The Hall–Kier alpha value is -3.47. The molecule has 1 saturated heterocycles. The lowest BCUT2D eigenvalue weighted by Gasteiger charge is -2.34. The molecule has 0 radical (unpaired) electrons. The molecule has 1 aromatic heterocycles. The number of allylic oxidation sites excluding steroid dienone is 3. The highest BCUT2D eigenvalue weighted by atomic mass is 127. The van der Waals surface area contributed by atoms with E-state index in [1.54, 1.807) is 11.1 Å². The van der Waals surface area contributed by atoms with Crippen molar-refractivity contribution in [3.05, 3.63) is 75.5 Å². The van der Waals surface area contributed by atoms with Gasteiger partial charge in [0.05, 0.1) is 11.3 Å². The van der Waals surface area contributed by atoms with E-state index in [-0.39, 0.29) is 12.1 Å². The second-order valence-corrected chi connectivity index (χ2v) is 11.9. The summed E-state index contributed by atoms with van der Waals surface area (Å²) in [5.74, 6) is 1.55. The molecule has 3 aromatic rings. The second-order valence-electron chi connectivity index (χ2n) is 10.7. The molecule has 2 heterocycles. The number of fused-ring (bicyclic) bond motifs is 1. The van der Waals surface area contributed by atoms with E-state index < -0.39 is 5.60 Å². The molecular weight excluding hydrogens is 617 g/mol. The summed E-state index contributed by atoms with van der Waals surface area (Å²) in [6, 6.07) is 12.1. The van der Waals surface area contributed by atoms with Crippen LogP contribution in [0.1, 0.15) is 51.8 Å². The number of nitrogens with one attached hydrogen (secondary N) is 1. The number of aryl methyl sites for hydroxylation is 1. The molecule has 0 saturated carbocycles. The summed E-state index contributed by atoms with van der Waals surface area (Å²) < 4.78 is 13.2. The van der Waals surface area contributed by atoms with Gasteiger partial charge in [0.2, 0.25) is 11.8 Å². The van der Waals surface area contributed by atoms with Crippen molar-refractivity contribution in [2.45, 2.75) is 59.1 Å². The molecule has 2 aromatic carbocycles. The minimum Gasteiger partial charge on any atom is -0.444 e. The van der Waals surface area contributed by atoms with Gasteiger partial charge in [0.15, 0.2) is 0 Å². The van der Waals surface area contributed by atoms with Crippen molar-refractivity contribution >= 4 is 57.7 Å². The summed E-state index contributed by atoms with van der Waals surface area (Å²) in [6.45, 7) is 14.6. The molecule has 0 unspecified atom stereocenters. The zero-order valence-corrected chi connectivity index (χ0v) is 25.9. The molecule has 1 atom stereocenters. The molecule has 1 N–H and O–H groups in total. The molecular formula is C31H36IN5O3. The number of hydrogen-bond donors (Lipinski definition) is 1. The Bertz CT molecular complexity index is 1460. The lowest BCUT2D eigenvalue weighted by atomic mass is 10.1. The van der Waals surface area contributed by atoms with Gasteiger partial charge in [-0.25, -0.2) is 19.8 Å². The number of piperidine rings is 1. The van der Waals surface area contributed by atoms with Crippen LogP contribution >= 0.6 is 22.6 Å². The van der Waals surface area contributed by atoms with Gasteiger partial charge >= 0.3 is 6.09 Å². The topological polar surface area (TPSA) is 88.9 Å². The molecule has 0 aliphatic carbocycles.